The van der Waals surface area contributed by atoms with E-state index in [1.165, 1.54) is 0 Å². The van der Waals surface area contributed by atoms with Crippen molar-refractivity contribution >= 4 is 23.4 Å². The number of hydrogen-bond acceptors (Lipinski definition) is 4. The minimum absolute atomic E-state index is 0.0829. The van der Waals surface area contributed by atoms with Crippen LogP contribution in [0, 0.1) is 11.6 Å². The van der Waals surface area contributed by atoms with Crippen molar-refractivity contribution in [3.05, 3.63) is 54.1 Å². The molecule has 0 aliphatic carbocycles. The highest BCUT2D eigenvalue weighted by atomic mass is 32.2. The summed E-state index contributed by atoms with van der Waals surface area (Å²) in [6.07, 6.45) is 0. The fourth-order valence-electron chi connectivity index (χ4n) is 2.70. The van der Waals surface area contributed by atoms with Gasteiger partial charge in [-0.15, -0.1) is 11.8 Å². The first-order valence-corrected chi connectivity index (χ1v) is 8.91. The third-order valence-corrected chi connectivity index (χ3v) is 5.11. The molecule has 1 fully saturated rings. The van der Waals surface area contributed by atoms with Gasteiger partial charge in [-0.25, -0.2) is 8.78 Å². The number of halogens is 2. The molecule has 0 radical (unpaired) electrons. The van der Waals surface area contributed by atoms with Crippen LogP contribution < -0.4 is 4.90 Å². The lowest BCUT2D eigenvalue weighted by Gasteiger charge is -2.36. The van der Waals surface area contributed by atoms with Gasteiger partial charge in [0.15, 0.2) is 0 Å². The minimum atomic E-state index is -0.517. The van der Waals surface area contributed by atoms with E-state index in [4.69, 9.17) is 0 Å². The Bertz CT molecular complexity index is 747. The van der Waals surface area contributed by atoms with Crippen LogP contribution in [0.3, 0.4) is 0 Å². The Balaban J connectivity index is 1.51. The number of amides is 1. The molecule has 0 aromatic heterocycles. The number of carbonyl (C=O) groups is 1. The zero-order valence-corrected chi connectivity index (χ0v) is 14.3. The zero-order valence-electron chi connectivity index (χ0n) is 13.5. The maximum Gasteiger partial charge on any atom is 0.233 e. The Labute approximate surface area is 149 Å². The van der Waals surface area contributed by atoms with Crippen LogP contribution in [0.2, 0.25) is 0 Å². The number of hydrogen-bond donors (Lipinski definition) is 1. The molecule has 25 heavy (non-hydrogen) atoms. The molecule has 0 saturated carbocycles. The number of phenolic OH excluding ortho intramolecular Hbond substituents is 1. The number of carbonyl (C=O) groups excluding carboxylic acids is 1. The second kappa shape index (κ2) is 7.74. The minimum Gasteiger partial charge on any atom is -0.508 e. The molecule has 2 aromatic rings. The van der Waals surface area contributed by atoms with Crippen LogP contribution in [0.5, 0.6) is 5.75 Å². The van der Waals surface area contributed by atoms with Crippen LogP contribution in [0.1, 0.15) is 0 Å². The third kappa shape index (κ3) is 4.42. The summed E-state index contributed by atoms with van der Waals surface area (Å²) in [6, 6.07) is 10.2. The van der Waals surface area contributed by atoms with Gasteiger partial charge < -0.3 is 14.9 Å². The van der Waals surface area contributed by atoms with E-state index in [2.05, 4.69) is 4.90 Å². The van der Waals surface area contributed by atoms with Gasteiger partial charge in [-0.05, 0) is 42.5 Å². The highest BCUT2D eigenvalue weighted by molar-refractivity contribution is 8.00. The van der Waals surface area contributed by atoms with E-state index < -0.39 is 11.6 Å². The van der Waals surface area contributed by atoms with Crippen molar-refractivity contribution in [3.8, 4) is 5.75 Å². The van der Waals surface area contributed by atoms with Gasteiger partial charge >= 0.3 is 0 Å². The van der Waals surface area contributed by atoms with E-state index in [1.54, 1.807) is 17.0 Å². The number of aromatic hydroxyl groups is 1. The molecule has 3 rings (SSSR count). The molecule has 7 heteroatoms. The fraction of sp³-hybridized carbons (Fsp3) is 0.278. The highest BCUT2D eigenvalue weighted by Gasteiger charge is 2.21. The van der Waals surface area contributed by atoms with Crippen molar-refractivity contribution in [1.29, 1.82) is 0 Å². The number of benzene rings is 2. The summed E-state index contributed by atoms with van der Waals surface area (Å²) >= 11 is 1.01. The van der Waals surface area contributed by atoms with Gasteiger partial charge in [-0.1, -0.05) is 0 Å². The van der Waals surface area contributed by atoms with Crippen molar-refractivity contribution in [2.24, 2.45) is 0 Å². The third-order valence-electron chi connectivity index (χ3n) is 4.09. The Hall–Kier alpha value is -2.28. The number of thioether (sulfide) groups is 1. The summed E-state index contributed by atoms with van der Waals surface area (Å²) in [5.74, 6) is -0.812. The van der Waals surface area contributed by atoms with Crippen LogP contribution >= 0.6 is 11.8 Å². The molecule has 1 aliphatic rings. The fourth-order valence-corrected chi connectivity index (χ4v) is 3.56. The average Bonchev–Trinajstić information content (AvgIpc) is 2.63. The first-order chi connectivity index (χ1) is 12.0. The molecule has 1 N–H and O–H groups in total. The maximum atomic E-state index is 13.6. The van der Waals surface area contributed by atoms with Crippen molar-refractivity contribution < 1.29 is 18.7 Å². The van der Waals surface area contributed by atoms with E-state index in [0.717, 1.165) is 35.6 Å². The van der Waals surface area contributed by atoms with Crippen molar-refractivity contribution in [1.82, 2.24) is 4.90 Å². The van der Waals surface area contributed by atoms with E-state index >= 15 is 0 Å². The molecular formula is C18H18F2N2O2S. The monoisotopic (exact) mass is 364 g/mol. The maximum absolute atomic E-state index is 13.6. The van der Waals surface area contributed by atoms with E-state index in [0.29, 0.717) is 26.2 Å². The quantitative estimate of drug-likeness (QED) is 0.847. The molecule has 1 saturated heterocycles. The second-order valence-electron chi connectivity index (χ2n) is 5.75. The summed E-state index contributed by atoms with van der Waals surface area (Å²) in [5.41, 5.74) is 1.00. The molecule has 132 valence electrons. The average molecular weight is 364 g/mol. The van der Waals surface area contributed by atoms with E-state index in [9.17, 15) is 18.7 Å². The number of phenols is 1. The number of anilines is 1. The molecule has 1 aliphatic heterocycles. The molecular weight excluding hydrogens is 346 g/mol. The lowest BCUT2D eigenvalue weighted by molar-refractivity contribution is -0.128. The lowest BCUT2D eigenvalue weighted by Crippen LogP contribution is -2.49. The zero-order chi connectivity index (χ0) is 17.8. The Morgan fingerprint density at radius 2 is 1.72 bits per heavy atom. The predicted molar refractivity (Wildman–Crippen MR) is 94.0 cm³/mol. The summed E-state index contributed by atoms with van der Waals surface area (Å²) in [7, 11) is 0. The van der Waals surface area contributed by atoms with Gasteiger partial charge in [-0.3, -0.25) is 4.79 Å². The largest absolute Gasteiger partial charge is 0.508 e. The van der Waals surface area contributed by atoms with Crippen LogP contribution in [0.4, 0.5) is 14.5 Å². The SMILES string of the molecule is O=C(CSc1cc(F)ccc1F)N1CCN(c2ccc(O)cc2)CC1. The summed E-state index contributed by atoms with van der Waals surface area (Å²) in [6.45, 7) is 2.53. The smallest absolute Gasteiger partial charge is 0.233 e. The van der Waals surface area contributed by atoms with Crippen molar-refractivity contribution in [3.63, 3.8) is 0 Å². The van der Waals surface area contributed by atoms with Crippen LogP contribution in [0.15, 0.2) is 47.4 Å². The Morgan fingerprint density at radius 3 is 2.40 bits per heavy atom. The molecule has 0 bridgehead atoms. The van der Waals surface area contributed by atoms with Gasteiger partial charge in [0.1, 0.15) is 17.4 Å². The van der Waals surface area contributed by atoms with Crippen LogP contribution in [-0.2, 0) is 4.79 Å². The topological polar surface area (TPSA) is 43.8 Å². The van der Waals surface area contributed by atoms with E-state index in [-0.39, 0.29) is 22.3 Å². The van der Waals surface area contributed by atoms with Gasteiger partial charge in [0.05, 0.1) is 5.75 Å². The molecule has 1 amide bonds. The van der Waals surface area contributed by atoms with Gasteiger partial charge in [0.25, 0.3) is 0 Å². The number of piperazine rings is 1. The van der Waals surface area contributed by atoms with Crippen molar-refractivity contribution in [2.75, 3.05) is 36.8 Å². The molecule has 1 heterocycles. The first-order valence-electron chi connectivity index (χ1n) is 7.92. The highest BCUT2D eigenvalue weighted by Crippen LogP contribution is 2.24. The van der Waals surface area contributed by atoms with Crippen LogP contribution in [-0.4, -0.2) is 47.8 Å². The Kier molecular flexibility index (Phi) is 5.43. The molecule has 0 spiro atoms. The van der Waals surface area contributed by atoms with Crippen LogP contribution in [0.25, 0.3) is 0 Å². The second-order valence-corrected chi connectivity index (χ2v) is 6.76. The molecule has 2 aromatic carbocycles. The standard InChI is InChI=1S/C18H18F2N2O2S/c19-13-1-6-16(20)17(11-13)25-12-18(24)22-9-7-21(8-10-22)14-2-4-15(23)5-3-14/h1-6,11,23H,7-10,12H2. The van der Waals surface area contributed by atoms with Gasteiger partial charge in [0.2, 0.25) is 5.91 Å². The van der Waals surface area contributed by atoms with Crippen molar-refractivity contribution in [2.45, 2.75) is 4.90 Å². The van der Waals surface area contributed by atoms with Gasteiger partial charge in [-0.2, -0.15) is 0 Å². The predicted octanol–water partition coefficient (Wildman–Crippen LogP) is 3.11. The molecule has 0 unspecified atom stereocenters. The normalized spacial score (nSPS) is 14.6. The summed E-state index contributed by atoms with van der Waals surface area (Å²) < 4.78 is 26.8. The molecule has 0 atom stereocenters. The first kappa shape index (κ1) is 17.5. The molecule has 4 nitrogen and oxygen atoms in total. The number of rotatable bonds is 4. The summed E-state index contributed by atoms with van der Waals surface area (Å²) in [4.78, 5) is 16.3. The lowest BCUT2D eigenvalue weighted by atomic mass is 10.2. The summed E-state index contributed by atoms with van der Waals surface area (Å²) in [5, 5.41) is 9.34. The van der Waals surface area contributed by atoms with Gasteiger partial charge in [0, 0.05) is 36.8 Å². The number of nitrogens with zero attached hydrogens (tertiary/aromatic N) is 2. The Morgan fingerprint density at radius 1 is 1.04 bits per heavy atom. The van der Waals surface area contributed by atoms with E-state index in [1.807, 2.05) is 12.1 Å².